The third kappa shape index (κ3) is 3.83. The lowest BCUT2D eigenvalue weighted by atomic mass is 10.1. The third-order valence-corrected chi connectivity index (χ3v) is 4.20. The second kappa shape index (κ2) is 6.49. The maximum Gasteiger partial charge on any atom is 0.469 e. The minimum atomic E-state index is -4.77. The van der Waals surface area contributed by atoms with Gasteiger partial charge in [0.15, 0.2) is 6.23 Å². The molecule has 2 heterocycles. The second-order valence-electron chi connectivity index (χ2n) is 4.48. The quantitative estimate of drug-likeness (QED) is 0.254. The Balaban J connectivity index is 2.23. The molecule has 0 saturated carbocycles. The van der Waals surface area contributed by atoms with E-state index in [2.05, 4.69) is 4.52 Å². The molecule has 0 bridgehead atoms. The Labute approximate surface area is 135 Å². The molecule has 0 unspecified atom stereocenters. The van der Waals surface area contributed by atoms with Crippen molar-refractivity contribution < 1.29 is 33.8 Å². The number of aliphatic hydroxyl groups excluding tert-OH is 2. The molecule has 5 N–H and O–H groups in total. The highest BCUT2D eigenvalue weighted by molar-refractivity contribution is 14.1. The van der Waals surface area contributed by atoms with Crippen LogP contribution in [0.2, 0.25) is 0 Å². The summed E-state index contributed by atoms with van der Waals surface area (Å²) in [6, 6.07) is 0. The SMILES string of the molecule is O=c1[nH]c(=O)n([C@@H]2O[C@H](COP(=O)(O)O)[C@H](O)[C@H]2O)cc1I. The Morgan fingerprint density at radius 3 is 2.59 bits per heavy atom. The van der Waals surface area contributed by atoms with Gasteiger partial charge in [-0.3, -0.25) is 18.9 Å². The van der Waals surface area contributed by atoms with Crippen molar-refractivity contribution in [2.75, 3.05) is 6.61 Å². The lowest BCUT2D eigenvalue weighted by molar-refractivity contribution is -0.0544. The predicted octanol–water partition coefficient (Wildman–Crippen LogP) is -2.13. The Morgan fingerprint density at radius 2 is 2.00 bits per heavy atom. The normalized spacial score (nSPS) is 29.0. The molecular formula is C9H12IN2O9P. The number of hydrogen-bond acceptors (Lipinski definition) is 7. The zero-order valence-electron chi connectivity index (χ0n) is 10.7. The molecule has 13 heteroatoms. The number of aromatic nitrogens is 2. The van der Waals surface area contributed by atoms with Gasteiger partial charge in [-0.05, 0) is 22.6 Å². The van der Waals surface area contributed by atoms with Crippen molar-refractivity contribution in [2.24, 2.45) is 0 Å². The van der Waals surface area contributed by atoms with Crippen LogP contribution >= 0.6 is 30.4 Å². The standard InChI is InChI=1S/C9H12IN2O9P/c10-3-1-12(9(16)11-7(3)15)8-6(14)5(13)4(21-8)2-20-22(17,18)19/h1,4-6,8,13-14H,2H2,(H,11,15,16)(H2,17,18,19)/t4-,5+,6-,8-/m1/s1. The van der Waals surface area contributed by atoms with E-state index in [1.165, 1.54) is 0 Å². The molecule has 4 atom stereocenters. The van der Waals surface area contributed by atoms with Gasteiger partial charge in [-0.25, -0.2) is 9.36 Å². The van der Waals surface area contributed by atoms with Gasteiger partial charge in [0.05, 0.1) is 10.2 Å². The van der Waals surface area contributed by atoms with E-state index < -0.39 is 50.2 Å². The fraction of sp³-hybridized carbons (Fsp3) is 0.556. The van der Waals surface area contributed by atoms with Crippen LogP contribution in [0.25, 0.3) is 0 Å². The van der Waals surface area contributed by atoms with Gasteiger partial charge in [-0.2, -0.15) is 0 Å². The summed E-state index contributed by atoms with van der Waals surface area (Å²) in [5.74, 6) is 0. The molecule has 1 aliphatic heterocycles. The zero-order chi connectivity index (χ0) is 16.7. The van der Waals surface area contributed by atoms with Gasteiger partial charge in [0.1, 0.15) is 18.3 Å². The summed E-state index contributed by atoms with van der Waals surface area (Å²) < 4.78 is 21.1. The Bertz CT molecular complexity index is 712. The molecule has 0 spiro atoms. The van der Waals surface area contributed by atoms with E-state index in [4.69, 9.17) is 14.5 Å². The molecule has 2 rings (SSSR count). The van der Waals surface area contributed by atoms with E-state index in [1.807, 2.05) is 4.98 Å². The van der Waals surface area contributed by atoms with Crippen LogP contribution in [0.3, 0.4) is 0 Å². The predicted molar refractivity (Wildman–Crippen MR) is 78.0 cm³/mol. The molecule has 1 saturated heterocycles. The average molecular weight is 450 g/mol. The van der Waals surface area contributed by atoms with Crippen LogP contribution in [-0.4, -0.2) is 54.5 Å². The van der Waals surface area contributed by atoms with E-state index in [0.717, 1.165) is 10.8 Å². The van der Waals surface area contributed by atoms with Gasteiger partial charge in [-0.1, -0.05) is 0 Å². The van der Waals surface area contributed by atoms with Crippen molar-refractivity contribution in [1.82, 2.24) is 9.55 Å². The molecule has 0 radical (unpaired) electrons. The first-order chi connectivity index (χ1) is 10.1. The van der Waals surface area contributed by atoms with Crippen molar-refractivity contribution in [3.8, 4) is 0 Å². The number of halogens is 1. The van der Waals surface area contributed by atoms with Crippen molar-refractivity contribution in [3.05, 3.63) is 30.6 Å². The number of hydrogen-bond donors (Lipinski definition) is 5. The fourth-order valence-corrected chi connectivity index (χ4v) is 2.69. The molecule has 0 aromatic carbocycles. The monoisotopic (exact) mass is 450 g/mol. The van der Waals surface area contributed by atoms with Gasteiger partial charge in [0, 0.05) is 6.20 Å². The molecule has 1 aliphatic rings. The van der Waals surface area contributed by atoms with E-state index in [9.17, 15) is 24.4 Å². The number of nitrogens with one attached hydrogen (secondary N) is 1. The summed E-state index contributed by atoms with van der Waals surface area (Å²) in [7, 11) is -4.77. The number of aromatic amines is 1. The van der Waals surface area contributed by atoms with E-state index in [1.54, 1.807) is 22.6 Å². The minimum Gasteiger partial charge on any atom is -0.387 e. The summed E-state index contributed by atoms with van der Waals surface area (Å²) in [4.78, 5) is 42.3. The second-order valence-corrected chi connectivity index (χ2v) is 6.88. The molecule has 0 aliphatic carbocycles. The summed E-state index contributed by atoms with van der Waals surface area (Å²) in [5.41, 5.74) is -1.48. The van der Waals surface area contributed by atoms with Crippen molar-refractivity contribution in [3.63, 3.8) is 0 Å². The highest BCUT2D eigenvalue weighted by atomic mass is 127. The Kier molecular flexibility index (Phi) is 5.23. The molecule has 22 heavy (non-hydrogen) atoms. The van der Waals surface area contributed by atoms with E-state index in [0.29, 0.717) is 0 Å². The lowest BCUT2D eigenvalue weighted by Crippen LogP contribution is -2.38. The Hall–Kier alpha value is -0.600. The zero-order valence-corrected chi connectivity index (χ0v) is 13.7. The molecular weight excluding hydrogens is 438 g/mol. The van der Waals surface area contributed by atoms with Crippen LogP contribution in [-0.2, 0) is 13.8 Å². The largest absolute Gasteiger partial charge is 0.469 e. The Morgan fingerprint density at radius 1 is 1.36 bits per heavy atom. The highest BCUT2D eigenvalue weighted by Gasteiger charge is 2.45. The summed E-state index contributed by atoms with van der Waals surface area (Å²) >= 11 is 1.67. The summed E-state index contributed by atoms with van der Waals surface area (Å²) in [6.45, 7) is -0.686. The number of phosphoric ester groups is 1. The number of nitrogens with zero attached hydrogens (tertiary/aromatic N) is 1. The minimum absolute atomic E-state index is 0.150. The lowest BCUT2D eigenvalue weighted by Gasteiger charge is -2.17. The van der Waals surface area contributed by atoms with Gasteiger partial charge >= 0.3 is 13.5 Å². The van der Waals surface area contributed by atoms with Crippen LogP contribution in [0, 0.1) is 3.57 Å². The number of aliphatic hydroxyl groups is 2. The van der Waals surface area contributed by atoms with Crippen LogP contribution in [0.15, 0.2) is 15.8 Å². The molecule has 0 amide bonds. The first kappa shape index (κ1) is 17.7. The number of ether oxygens (including phenoxy) is 1. The summed E-state index contributed by atoms with van der Waals surface area (Å²) in [6.07, 6.45) is -4.55. The average Bonchev–Trinajstić information content (AvgIpc) is 2.68. The maximum absolute atomic E-state index is 11.7. The first-order valence-electron chi connectivity index (χ1n) is 5.83. The molecule has 1 fully saturated rings. The smallest absolute Gasteiger partial charge is 0.387 e. The van der Waals surface area contributed by atoms with Crippen molar-refractivity contribution in [2.45, 2.75) is 24.5 Å². The number of phosphoric acid groups is 1. The van der Waals surface area contributed by atoms with Gasteiger partial charge in [0.25, 0.3) is 5.56 Å². The number of rotatable bonds is 4. The fourth-order valence-electron chi connectivity index (χ4n) is 1.92. The molecule has 11 nitrogen and oxygen atoms in total. The van der Waals surface area contributed by atoms with Crippen molar-refractivity contribution >= 4 is 30.4 Å². The molecule has 1 aromatic rings. The molecule has 124 valence electrons. The topological polar surface area (TPSA) is 171 Å². The number of H-pyrrole nitrogens is 1. The van der Waals surface area contributed by atoms with Gasteiger partial charge in [-0.15, -0.1) is 0 Å². The summed E-state index contributed by atoms with van der Waals surface area (Å²) in [5, 5.41) is 19.7. The van der Waals surface area contributed by atoms with Gasteiger partial charge in [0.2, 0.25) is 0 Å². The van der Waals surface area contributed by atoms with Crippen LogP contribution in [0.1, 0.15) is 6.23 Å². The van der Waals surface area contributed by atoms with E-state index >= 15 is 0 Å². The maximum atomic E-state index is 11.7. The van der Waals surface area contributed by atoms with Crippen LogP contribution in [0.5, 0.6) is 0 Å². The van der Waals surface area contributed by atoms with Gasteiger partial charge < -0.3 is 24.7 Å². The van der Waals surface area contributed by atoms with Crippen LogP contribution in [0.4, 0.5) is 0 Å². The van der Waals surface area contributed by atoms with E-state index in [-0.39, 0.29) is 3.57 Å². The first-order valence-corrected chi connectivity index (χ1v) is 8.43. The highest BCUT2D eigenvalue weighted by Crippen LogP contribution is 2.38. The molecule has 1 aromatic heterocycles. The third-order valence-electron chi connectivity index (χ3n) is 2.94. The van der Waals surface area contributed by atoms with Crippen LogP contribution < -0.4 is 11.2 Å². The van der Waals surface area contributed by atoms with Crippen molar-refractivity contribution in [1.29, 1.82) is 0 Å².